The number of hydrogen-bond donors (Lipinski definition) is 1. The van der Waals surface area contributed by atoms with Crippen molar-refractivity contribution in [3.63, 3.8) is 0 Å². The summed E-state index contributed by atoms with van der Waals surface area (Å²) >= 11 is 0. The Kier molecular flexibility index (Phi) is 8.85. The van der Waals surface area contributed by atoms with Crippen LogP contribution in [0.4, 0.5) is 5.82 Å². The third kappa shape index (κ3) is 4.94. The van der Waals surface area contributed by atoms with Crippen molar-refractivity contribution in [3.05, 3.63) is 18.6 Å². The molecule has 3 rings (SSSR count). The molecule has 0 unspecified atom stereocenters. The number of carbonyl (C=O) groups excluding carboxylic acids is 1. The second-order valence-electron chi connectivity index (χ2n) is 6.31. The fourth-order valence-corrected chi connectivity index (χ4v) is 3.53. The highest BCUT2D eigenvalue weighted by Gasteiger charge is 2.42. The Hall–Kier alpha value is -1.15. The van der Waals surface area contributed by atoms with Crippen LogP contribution in [0.1, 0.15) is 12.8 Å². The molecule has 1 aromatic rings. The highest BCUT2D eigenvalue weighted by molar-refractivity contribution is 5.85. The summed E-state index contributed by atoms with van der Waals surface area (Å²) in [5.41, 5.74) is -0.352. The maximum atomic E-state index is 13.1. The number of amides is 1. The first-order valence-electron chi connectivity index (χ1n) is 8.25. The summed E-state index contributed by atoms with van der Waals surface area (Å²) in [6, 6.07) is 0. The minimum atomic E-state index is -0.352. The van der Waals surface area contributed by atoms with Crippen molar-refractivity contribution in [2.24, 2.45) is 5.41 Å². The molecule has 0 aliphatic carbocycles. The van der Waals surface area contributed by atoms with Gasteiger partial charge in [0.15, 0.2) is 0 Å². The second kappa shape index (κ2) is 10.1. The minimum Gasteiger partial charge on any atom is -0.384 e. The predicted molar refractivity (Wildman–Crippen MR) is 102 cm³/mol. The van der Waals surface area contributed by atoms with Gasteiger partial charge in [-0.3, -0.25) is 9.78 Å². The van der Waals surface area contributed by atoms with Gasteiger partial charge in [-0.05, 0) is 25.9 Å². The van der Waals surface area contributed by atoms with E-state index in [1.807, 2.05) is 4.90 Å². The molecule has 0 aromatic carbocycles. The molecular weight excluding hydrogens is 365 g/mol. The molecule has 1 N–H and O–H groups in total. The number of rotatable bonds is 4. The zero-order valence-corrected chi connectivity index (χ0v) is 16.2. The molecule has 2 aliphatic heterocycles. The largest absolute Gasteiger partial charge is 0.384 e. The number of aromatic nitrogens is 2. The lowest BCUT2D eigenvalue weighted by atomic mass is 9.78. The van der Waals surface area contributed by atoms with E-state index in [2.05, 4.69) is 20.2 Å². The van der Waals surface area contributed by atoms with E-state index in [9.17, 15) is 4.79 Å². The first-order chi connectivity index (χ1) is 11.2. The number of anilines is 1. The van der Waals surface area contributed by atoms with Crippen LogP contribution in [0.25, 0.3) is 0 Å². The summed E-state index contributed by atoms with van der Waals surface area (Å²) in [5, 5.41) is 3.33. The molecule has 7 nitrogen and oxygen atoms in total. The number of nitrogens with one attached hydrogen (secondary N) is 1. The Labute approximate surface area is 161 Å². The predicted octanol–water partition coefficient (Wildman–Crippen LogP) is 0.985. The molecule has 0 atom stereocenters. The van der Waals surface area contributed by atoms with E-state index in [0.717, 1.165) is 57.9 Å². The van der Waals surface area contributed by atoms with Gasteiger partial charge in [0, 0.05) is 45.7 Å². The highest BCUT2D eigenvalue weighted by atomic mass is 35.5. The monoisotopic (exact) mass is 391 g/mol. The number of ether oxygens (including phenoxy) is 1. The number of methoxy groups -OCH3 is 1. The molecule has 2 saturated heterocycles. The normalized spacial score (nSPS) is 19.6. The van der Waals surface area contributed by atoms with Crippen LogP contribution in [0, 0.1) is 5.41 Å². The van der Waals surface area contributed by atoms with Gasteiger partial charge in [0.1, 0.15) is 5.82 Å². The van der Waals surface area contributed by atoms with Crippen LogP contribution in [0.3, 0.4) is 0 Å². The summed E-state index contributed by atoms with van der Waals surface area (Å²) in [6.45, 7) is 5.33. The van der Waals surface area contributed by atoms with Gasteiger partial charge >= 0.3 is 0 Å². The smallest absolute Gasteiger partial charge is 0.231 e. The standard InChI is InChI=1S/C16H25N5O2.2ClH/c1-23-13-16(2-4-17-5-3-16)15(22)21-10-8-20(9-11-21)14-12-18-6-7-19-14;;/h6-7,12,17H,2-5,8-11,13H2,1H3;2*1H. The minimum absolute atomic E-state index is 0. The summed E-state index contributed by atoms with van der Waals surface area (Å²) in [5.74, 6) is 1.13. The van der Waals surface area contributed by atoms with Crippen molar-refractivity contribution in [3.8, 4) is 0 Å². The zero-order valence-electron chi connectivity index (χ0n) is 14.5. The van der Waals surface area contributed by atoms with Gasteiger partial charge in [-0.2, -0.15) is 0 Å². The van der Waals surface area contributed by atoms with Crippen molar-refractivity contribution in [2.45, 2.75) is 12.8 Å². The molecule has 0 spiro atoms. The third-order valence-corrected chi connectivity index (χ3v) is 4.88. The molecule has 25 heavy (non-hydrogen) atoms. The zero-order chi connectivity index (χ0) is 16.1. The van der Waals surface area contributed by atoms with Crippen LogP contribution in [0.2, 0.25) is 0 Å². The summed E-state index contributed by atoms with van der Waals surface area (Å²) < 4.78 is 5.38. The lowest BCUT2D eigenvalue weighted by molar-refractivity contribution is -0.147. The number of nitrogens with zero attached hydrogens (tertiary/aromatic N) is 4. The quantitative estimate of drug-likeness (QED) is 0.824. The van der Waals surface area contributed by atoms with Crippen molar-refractivity contribution in [1.82, 2.24) is 20.2 Å². The Balaban J connectivity index is 0.00000156. The number of hydrogen-bond acceptors (Lipinski definition) is 6. The second-order valence-corrected chi connectivity index (χ2v) is 6.31. The maximum absolute atomic E-state index is 13.1. The highest BCUT2D eigenvalue weighted by Crippen LogP contribution is 2.32. The Morgan fingerprint density at radius 1 is 1.20 bits per heavy atom. The molecule has 0 bridgehead atoms. The van der Waals surface area contributed by atoms with E-state index in [4.69, 9.17) is 4.74 Å². The fraction of sp³-hybridized carbons (Fsp3) is 0.688. The Morgan fingerprint density at radius 2 is 1.88 bits per heavy atom. The van der Waals surface area contributed by atoms with E-state index in [1.54, 1.807) is 25.7 Å². The SMILES string of the molecule is COCC1(C(=O)N2CCN(c3cnccn3)CC2)CCNCC1.Cl.Cl. The molecule has 9 heteroatoms. The van der Waals surface area contributed by atoms with Gasteiger partial charge < -0.3 is 19.9 Å². The molecule has 2 aliphatic rings. The first-order valence-corrected chi connectivity index (χ1v) is 8.25. The molecule has 1 aromatic heterocycles. The lowest BCUT2D eigenvalue weighted by Crippen LogP contribution is -2.56. The average Bonchev–Trinajstić information content (AvgIpc) is 2.63. The molecule has 0 radical (unpaired) electrons. The van der Waals surface area contributed by atoms with Crippen molar-refractivity contribution in [2.75, 3.05) is 57.9 Å². The van der Waals surface area contributed by atoms with Crippen LogP contribution < -0.4 is 10.2 Å². The van der Waals surface area contributed by atoms with Gasteiger partial charge in [-0.25, -0.2) is 4.98 Å². The van der Waals surface area contributed by atoms with E-state index < -0.39 is 0 Å². The van der Waals surface area contributed by atoms with Crippen LogP contribution >= 0.6 is 24.8 Å². The molecule has 2 fully saturated rings. The van der Waals surface area contributed by atoms with Crippen LogP contribution in [0.5, 0.6) is 0 Å². The topological polar surface area (TPSA) is 70.6 Å². The molecule has 1 amide bonds. The van der Waals surface area contributed by atoms with Crippen molar-refractivity contribution >= 4 is 36.5 Å². The molecule has 142 valence electrons. The maximum Gasteiger partial charge on any atom is 0.231 e. The molecule has 3 heterocycles. The van der Waals surface area contributed by atoms with Crippen molar-refractivity contribution in [1.29, 1.82) is 0 Å². The third-order valence-electron chi connectivity index (χ3n) is 4.88. The number of piperazine rings is 1. The van der Waals surface area contributed by atoms with E-state index >= 15 is 0 Å². The molecule has 0 saturated carbocycles. The fourth-order valence-electron chi connectivity index (χ4n) is 3.53. The van der Waals surface area contributed by atoms with Crippen LogP contribution in [-0.2, 0) is 9.53 Å². The van der Waals surface area contributed by atoms with Crippen LogP contribution in [-0.4, -0.2) is 73.8 Å². The number of piperidine rings is 1. The Morgan fingerprint density at radius 3 is 2.44 bits per heavy atom. The van der Waals surface area contributed by atoms with E-state index in [-0.39, 0.29) is 36.1 Å². The molecular formula is C16H27Cl2N5O2. The first kappa shape index (κ1) is 21.9. The van der Waals surface area contributed by atoms with Gasteiger partial charge in [-0.1, -0.05) is 0 Å². The summed E-state index contributed by atoms with van der Waals surface area (Å²) in [4.78, 5) is 25.7. The lowest BCUT2D eigenvalue weighted by Gasteiger charge is -2.42. The average molecular weight is 392 g/mol. The number of halogens is 2. The van der Waals surface area contributed by atoms with Gasteiger partial charge in [0.25, 0.3) is 0 Å². The van der Waals surface area contributed by atoms with E-state index in [1.165, 1.54) is 0 Å². The van der Waals surface area contributed by atoms with Gasteiger partial charge in [0.2, 0.25) is 5.91 Å². The van der Waals surface area contributed by atoms with Gasteiger partial charge in [-0.15, -0.1) is 24.8 Å². The van der Waals surface area contributed by atoms with Crippen LogP contribution in [0.15, 0.2) is 18.6 Å². The summed E-state index contributed by atoms with van der Waals surface area (Å²) in [7, 11) is 1.68. The van der Waals surface area contributed by atoms with E-state index in [0.29, 0.717) is 6.61 Å². The van der Waals surface area contributed by atoms with Gasteiger partial charge in [0.05, 0.1) is 18.2 Å². The number of carbonyl (C=O) groups is 1. The summed E-state index contributed by atoms with van der Waals surface area (Å²) in [6.07, 6.45) is 6.86. The Bertz CT molecular complexity index is 515. The van der Waals surface area contributed by atoms with Crippen molar-refractivity contribution < 1.29 is 9.53 Å².